The van der Waals surface area contributed by atoms with E-state index in [1.54, 1.807) is 0 Å². The lowest BCUT2D eigenvalue weighted by Crippen LogP contribution is -2.35. The van der Waals surface area contributed by atoms with Crippen molar-refractivity contribution < 1.29 is 0 Å². The highest BCUT2D eigenvalue weighted by molar-refractivity contribution is 5.80. The Kier molecular flexibility index (Phi) is 1.88. The molecule has 0 radical (unpaired) electrons. The van der Waals surface area contributed by atoms with Gasteiger partial charge in [-0.05, 0) is 31.4 Å². The highest BCUT2D eigenvalue weighted by Gasteiger charge is 2.34. The van der Waals surface area contributed by atoms with Gasteiger partial charge >= 0.3 is 0 Å². The number of benzene rings is 1. The number of fused-ring (bicyclic) bond motifs is 1. The Morgan fingerprint density at radius 2 is 1.87 bits per heavy atom. The molecule has 1 aliphatic carbocycles. The molecule has 1 heteroatoms. The molecule has 0 saturated heterocycles. The first-order valence-electron chi connectivity index (χ1n) is 5.86. The van der Waals surface area contributed by atoms with Crippen LogP contribution >= 0.6 is 0 Å². The van der Waals surface area contributed by atoms with Crippen LogP contribution in [0, 0.1) is 0 Å². The van der Waals surface area contributed by atoms with Crippen molar-refractivity contribution in [3.05, 3.63) is 35.9 Å². The molecule has 1 fully saturated rings. The first-order chi connectivity index (χ1) is 7.29. The number of hydrogen-bond acceptors (Lipinski definition) is 1. The van der Waals surface area contributed by atoms with Gasteiger partial charge in [-0.2, -0.15) is 0 Å². The lowest BCUT2D eigenvalue weighted by molar-refractivity contribution is 0.595. The number of para-hydroxylation sites is 1. The fraction of sp³-hybridized carbons (Fsp3) is 0.429. The molecule has 0 aromatic heterocycles. The molecule has 1 saturated carbocycles. The molecule has 1 heterocycles. The summed E-state index contributed by atoms with van der Waals surface area (Å²) in [4.78, 5) is 0. The van der Waals surface area contributed by atoms with Crippen molar-refractivity contribution in [1.29, 1.82) is 0 Å². The Morgan fingerprint density at radius 3 is 2.67 bits per heavy atom. The van der Waals surface area contributed by atoms with Gasteiger partial charge < -0.3 is 5.32 Å². The average Bonchev–Trinajstić information content (AvgIpc) is 2.66. The van der Waals surface area contributed by atoms with Gasteiger partial charge in [-0.25, -0.2) is 0 Å². The van der Waals surface area contributed by atoms with E-state index >= 15 is 0 Å². The molecule has 1 aliphatic heterocycles. The molecule has 0 unspecified atom stereocenters. The van der Waals surface area contributed by atoms with Crippen molar-refractivity contribution in [3.8, 4) is 0 Å². The van der Waals surface area contributed by atoms with Crippen LogP contribution in [0.2, 0.25) is 0 Å². The molecule has 0 atom stereocenters. The van der Waals surface area contributed by atoms with Gasteiger partial charge in [0.2, 0.25) is 0 Å². The summed E-state index contributed by atoms with van der Waals surface area (Å²) in [6.07, 6.45) is 7.75. The van der Waals surface area contributed by atoms with E-state index < -0.39 is 0 Å². The van der Waals surface area contributed by atoms with Gasteiger partial charge in [0.05, 0.1) is 5.54 Å². The molecule has 78 valence electrons. The Bertz CT molecular complexity index is 411. The quantitative estimate of drug-likeness (QED) is 0.669. The highest BCUT2D eigenvalue weighted by Crippen LogP contribution is 2.41. The van der Waals surface area contributed by atoms with Crippen molar-refractivity contribution in [3.63, 3.8) is 0 Å². The molecule has 0 amide bonds. The summed E-state index contributed by atoms with van der Waals surface area (Å²) in [5.74, 6) is 0. The van der Waals surface area contributed by atoms with Crippen LogP contribution in [-0.4, -0.2) is 5.54 Å². The van der Waals surface area contributed by atoms with Crippen molar-refractivity contribution >= 4 is 11.3 Å². The monoisotopic (exact) mass is 199 g/mol. The number of rotatable bonds is 0. The summed E-state index contributed by atoms with van der Waals surface area (Å²) in [6.45, 7) is 2.24. The molecule has 0 bridgehead atoms. The predicted octanol–water partition coefficient (Wildman–Crippen LogP) is 3.83. The molecule has 15 heavy (non-hydrogen) atoms. The topological polar surface area (TPSA) is 12.0 Å². The molecule has 3 rings (SSSR count). The van der Waals surface area contributed by atoms with Crippen LogP contribution in [0.5, 0.6) is 0 Å². The SMILES string of the molecule is CC1=CC2(CCCC2)Nc2ccccc21. The summed E-state index contributed by atoms with van der Waals surface area (Å²) < 4.78 is 0. The molecule has 1 spiro atoms. The van der Waals surface area contributed by atoms with Gasteiger partial charge in [-0.1, -0.05) is 37.1 Å². The standard InChI is InChI=1S/C14H17N/c1-11-10-14(8-4-5-9-14)15-13-7-3-2-6-12(11)13/h2-3,6-7,10,15H,4-5,8-9H2,1H3. The van der Waals surface area contributed by atoms with E-state index in [1.165, 1.54) is 42.5 Å². The zero-order chi connectivity index (χ0) is 10.3. The van der Waals surface area contributed by atoms with Crippen LogP contribution in [-0.2, 0) is 0 Å². The molecule has 1 aromatic rings. The van der Waals surface area contributed by atoms with E-state index in [0.29, 0.717) is 0 Å². The first kappa shape index (κ1) is 9.02. The molecular formula is C14H17N. The van der Waals surface area contributed by atoms with E-state index in [9.17, 15) is 0 Å². The summed E-state index contributed by atoms with van der Waals surface area (Å²) in [5, 5.41) is 3.73. The van der Waals surface area contributed by atoms with Crippen molar-refractivity contribution in [1.82, 2.24) is 0 Å². The third kappa shape index (κ3) is 1.38. The third-order valence-electron chi connectivity index (χ3n) is 3.72. The van der Waals surface area contributed by atoms with Gasteiger partial charge in [0.25, 0.3) is 0 Å². The fourth-order valence-electron chi connectivity index (χ4n) is 3.01. The second-order valence-electron chi connectivity index (χ2n) is 4.86. The number of anilines is 1. The largest absolute Gasteiger partial charge is 0.376 e. The van der Waals surface area contributed by atoms with E-state index in [0.717, 1.165) is 0 Å². The van der Waals surface area contributed by atoms with E-state index in [4.69, 9.17) is 0 Å². The molecule has 1 N–H and O–H groups in total. The Labute approximate surface area is 91.2 Å². The van der Waals surface area contributed by atoms with Gasteiger partial charge in [0, 0.05) is 11.3 Å². The molecular weight excluding hydrogens is 182 g/mol. The second-order valence-corrected chi connectivity index (χ2v) is 4.86. The van der Waals surface area contributed by atoms with Crippen LogP contribution in [0.15, 0.2) is 30.3 Å². The Morgan fingerprint density at radius 1 is 1.13 bits per heavy atom. The van der Waals surface area contributed by atoms with Gasteiger partial charge in [-0.3, -0.25) is 0 Å². The zero-order valence-electron chi connectivity index (χ0n) is 9.22. The van der Waals surface area contributed by atoms with Crippen LogP contribution in [0.25, 0.3) is 5.57 Å². The van der Waals surface area contributed by atoms with E-state index in [1.807, 2.05) is 0 Å². The summed E-state index contributed by atoms with van der Waals surface area (Å²) >= 11 is 0. The van der Waals surface area contributed by atoms with Crippen molar-refractivity contribution in [2.45, 2.75) is 38.1 Å². The Hall–Kier alpha value is -1.24. The van der Waals surface area contributed by atoms with E-state index in [2.05, 4.69) is 42.6 Å². The normalized spacial score (nSPS) is 22.1. The smallest absolute Gasteiger partial charge is 0.0562 e. The second kappa shape index (κ2) is 3.13. The third-order valence-corrected chi connectivity index (χ3v) is 3.72. The molecule has 1 nitrogen and oxygen atoms in total. The fourth-order valence-corrected chi connectivity index (χ4v) is 3.01. The maximum Gasteiger partial charge on any atom is 0.0562 e. The van der Waals surface area contributed by atoms with Crippen LogP contribution in [0.4, 0.5) is 5.69 Å². The minimum atomic E-state index is 0.276. The van der Waals surface area contributed by atoms with Crippen LogP contribution in [0.3, 0.4) is 0 Å². The lowest BCUT2D eigenvalue weighted by Gasteiger charge is -2.34. The first-order valence-corrected chi connectivity index (χ1v) is 5.86. The van der Waals surface area contributed by atoms with Gasteiger partial charge in [0.15, 0.2) is 0 Å². The maximum atomic E-state index is 3.73. The van der Waals surface area contributed by atoms with Crippen LogP contribution < -0.4 is 5.32 Å². The Balaban J connectivity index is 2.07. The highest BCUT2D eigenvalue weighted by atomic mass is 15.0. The summed E-state index contributed by atoms with van der Waals surface area (Å²) in [5.41, 5.74) is 4.40. The van der Waals surface area contributed by atoms with Gasteiger partial charge in [-0.15, -0.1) is 0 Å². The average molecular weight is 199 g/mol. The van der Waals surface area contributed by atoms with Crippen LogP contribution in [0.1, 0.15) is 38.2 Å². The van der Waals surface area contributed by atoms with E-state index in [-0.39, 0.29) is 5.54 Å². The van der Waals surface area contributed by atoms with Gasteiger partial charge in [0.1, 0.15) is 0 Å². The summed E-state index contributed by atoms with van der Waals surface area (Å²) in [7, 11) is 0. The molecule has 1 aromatic carbocycles. The number of nitrogens with one attached hydrogen (secondary N) is 1. The minimum absolute atomic E-state index is 0.276. The van der Waals surface area contributed by atoms with Crippen molar-refractivity contribution in [2.24, 2.45) is 0 Å². The lowest BCUT2D eigenvalue weighted by atomic mass is 9.87. The maximum absolute atomic E-state index is 3.73. The minimum Gasteiger partial charge on any atom is -0.376 e. The predicted molar refractivity (Wildman–Crippen MR) is 64.9 cm³/mol. The number of hydrogen-bond donors (Lipinski definition) is 1. The number of allylic oxidation sites excluding steroid dienone is 1. The molecule has 2 aliphatic rings. The van der Waals surface area contributed by atoms with Crippen molar-refractivity contribution in [2.75, 3.05) is 5.32 Å². The zero-order valence-corrected chi connectivity index (χ0v) is 9.22. The summed E-state index contributed by atoms with van der Waals surface area (Å²) in [6, 6.07) is 8.64.